The number of hydrogen-bond acceptors (Lipinski definition) is 5. The Morgan fingerprint density at radius 1 is 1.00 bits per heavy atom. The van der Waals surface area contributed by atoms with Gasteiger partial charge < -0.3 is 5.73 Å². The normalized spacial score (nSPS) is 12.0. The maximum Gasteiger partial charge on any atom is 0.416 e. The SMILES string of the molecule is Nc1[nH]c(=O)[nH]c(=O)c1N=Nc1ccc(C(F)(F)F)cc1. The molecule has 1 aromatic heterocycles. The molecule has 4 N–H and O–H groups in total. The van der Waals surface area contributed by atoms with Gasteiger partial charge in [-0.2, -0.15) is 18.3 Å². The number of H-pyrrole nitrogens is 2. The Hall–Kier alpha value is -2.91. The Bertz CT molecular complexity index is 789. The third-order valence-electron chi connectivity index (χ3n) is 2.41. The topological polar surface area (TPSA) is 116 Å². The minimum Gasteiger partial charge on any atom is -0.383 e. The van der Waals surface area contributed by atoms with E-state index in [1.807, 2.05) is 4.98 Å². The van der Waals surface area contributed by atoms with E-state index in [0.717, 1.165) is 24.3 Å². The van der Waals surface area contributed by atoms with E-state index < -0.39 is 23.0 Å². The van der Waals surface area contributed by atoms with Crippen molar-refractivity contribution in [2.75, 3.05) is 5.73 Å². The number of aromatic nitrogens is 2. The zero-order valence-electron chi connectivity index (χ0n) is 10.2. The second-order valence-electron chi connectivity index (χ2n) is 3.92. The molecule has 21 heavy (non-hydrogen) atoms. The molecule has 0 saturated heterocycles. The molecule has 0 aliphatic rings. The maximum atomic E-state index is 12.4. The molecule has 0 spiro atoms. The smallest absolute Gasteiger partial charge is 0.383 e. The monoisotopic (exact) mass is 299 g/mol. The summed E-state index contributed by atoms with van der Waals surface area (Å²) in [5, 5.41) is 7.10. The standard InChI is InChI=1S/C11H8F3N5O2/c12-11(13,14)5-1-3-6(4-2-5)18-19-7-8(15)16-10(21)17-9(7)20/h1-4H,(H4,15,16,17,20,21). The van der Waals surface area contributed by atoms with Crippen LogP contribution >= 0.6 is 0 Å². The van der Waals surface area contributed by atoms with Gasteiger partial charge in [-0.05, 0) is 24.3 Å². The van der Waals surface area contributed by atoms with Crippen molar-refractivity contribution in [1.29, 1.82) is 0 Å². The molecule has 7 nitrogen and oxygen atoms in total. The highest BCUT2D eigenvalue weighted by Gasteiger charge is 2.29. The molecular formula is C11H8F3N5O2. The first-order valence-corrected chi connectivity index (χ1v) is 5.48. The first kappa shape index (κ1) is 14.5. The van der Waals surface area contributed by atoms with Gasteiger partial charge in [-0.15, -0.1) is 5.11 Å². The number of halogens is 3. The fourth-order valence-corrected chi connectivity index (χ4v) is 1.42. The zero-order chi connectivity index (χ0) is 15.6. The summed E-state index contributed by atoms with van der Waals surface area (Å²) >= 11 is 0. The van der Waals surface area contributed by atoms with Gasteiger partial charge in [0.1, 0.15) is 5.82 Å². The molecule has 0 aliphatic heterocycles. The van der Waals surface area contributed by atoms with Gasteiger partial charge in [0.05, 0.1) is 11.3 Å². The summed E-state index contributed by atoms with van der Waals surface area (Å²) in [4.78, 5) is 26.3. The fraction of sp³-hybridized carbons (Fsp3) is 0.0909. The van der Waals surface area contributed by atoms with Crippen molar-refractivity contribution >= 4 is 17.2 Å². The number of benzene rings is 1. The highest BCUT2D eigenvalue weighted by Crippen LogP contribution is 2.30. The Balaban J connectivity index is 2.31. The Labute approximate surface area is 114 Å². The van der Waals surface area contributed by atoms with Crippen LogP contribution in [0.15, 0.2) is 44.1 Å². The van der Waals surface area contributed by atoms with Crippen molar-refractivity contribution in [2.24, 2.45) is 10.2 Å². The van der Waals surface area contributed by atoms with Gasteiger partial charge in [-0.25, -0.2) is 4.79 Å². The molecule has 0 radical (unpaired) electrons. The first-order valence-electron chi connectivity index (χ1n) is 5.48. The largest absolute Gasteiger partial charge is 0.416 e. The molecule has 110 valence electrons. The van der Waals surface area contributed by atoms with E-state index in [-0.39, 0.29) is 17.2 Å². The Morgan fingerprint density at radius 2 is 1.62 bits per heavy atom. The number of anilines is 1. The van der Waals surface area contributed by atoms with Gasteiger partial charge in [0, 0.05) is 0 Å². The van der Waals surface area contributed by atoms with Crippen LogP contribution in [0.25, 0.3) is 0 Å². The number of rotatable bonds is 2. The lowest BCUT2D eigenvalue weighted by Crippen LogP contribution is -2.23. The van der Waals surface area contributed by atoms with E-state index in [4.69, 9.17) is 5.73 Å². The molecule has 0 atom stereocenters. The molecular weight excluding hydrogens is 291 g/mol. The number of alkyl halides is 3. The van der Waals surface area contributed by atoms with E-state index in [1.54, 1.807) is 0 Å². The van der Waals surface area contributed by atoms with E-state index in [2.05, 4.69) is 15.2 Å². The van der Waals surface area contributed by atoms with Gasteiger partial charge >= 0.3 is 11.9 Å². The zero-order valence-corrected chi connectivity index (χ0v) is 10.2. The predicted octanol–water partition coefficient (Wildman–Crippen LogP) is 2.08. The summed E-state index contributed by atoms with van der Waals surface area (Å²) in [6.45, 7) is 0. The van der Waals surface area contributed by atoms with Crippen molar-refractivity contribution < 1.29 is 13.2 Å². The van der Waals surface area contributed by atoms with Gasteiger partial charge in [0.15, 0.2) is 5.69 Å². The molecule has 2 rings (SSSR count). The van der Waals surface area contributed by atoms with Crippen LogP contribution in [0.2, 0.25) is 0 Å². The number of nitrogen functional groups attached to an aromatic ring is 1. The molecule has 10 heteroatoms. The predicted molar refractivity (Wildman–Crippen MR) is 67.7 cm³/mol. The minimum absolute atomic E-state index is 0.0907. The molecule has 0 aliphatic carbocycles. The van der Waals surface area contributed by atoms with Gasteiger partial charge in [0.2, 0.25) is 0 Å². The lowest BCUT2D eigenvalue weighted by atomic mass is 10.2. The van der Waals surface area contributed by atoms with Gasteiger partial charge in [0.25, 0.3) is 5.56 Å². The molecule has 0 amide bonds. The summed E-state index contributed by atoms with van der Waals surface area (Å²) < 4.78 is 37.1. The van der Waals surface area contributed by atoms with Crippen LogP contribution in [0.3, 0.4) is 0 Å². The second kappa shape index (κ2) is 5.23. The maximum absolute atomic E-state index is 12.4. The van der Waals surface area contributed by atoms with Crippen LogP contribution in [-0.4, -0.2) is 9.97 Å². The van der Waals surface area contributed by atoms with Crippen molar-refractivity contribution in [3.63, 3.8) is 0 Å². The van der Waals surface area contributed by atoms with Crippen LogP contribution < -0.4 is 17.0 Å². The van der Waals surface area contributed by atoms with Crippen LogP contribution in [0, 0.1) is 0 Å². The summed E-state index contributed by atoms with van der Waals surface area (Å²) in [6.07, 6.45) is -4.45. The minimum atomic E-state index is -4.45. The van der Waals surface area contributed by atoms with Crippen LogP contribution in [0.1, 0.15) is 5.56 Å². The lowest BCUT2D eigenvalue weighted by molar-refractivity contribution is -0.137. The quantitative estimate of drug-likeness (QED) is 0.737. The first-order chi connectivity index (χ1) is 9.77. The number of nitrogens with one attached hydrogen (secondary N) is 2. The van der Waals surface area contributed by atoms with Crippen molar-refractivity contribution in [1.82, 2.24) is 9.97 Å². The van der Waals surface area contributed by atoms with E-state index >= 15 is 0 Å². The fourth-order valence-electron chi connectivity index (χ4n) is 1.42. The third-order valence-corrected chi connectivity index (χ3v) is 2.41. The Morgan fingerprint density at radius 3 is 2.14 bits per heavy atom. The molecule has 1 heterocycles. The second-order valence-corrected chi connectivity index (χ2v) is 3.92. The number of nitrogens with zero attached hydrogens (tertiary/aromatic N) is 2. The van der Waals surface area contributed by atoms with Gasteiger partial charge in [-0.3, -0.25) is 14.8 Å². The van der Waals surface area contributed by atoms with E-state index in [0.29, 0.717) is 0 Å². The summed E-state index contributed by atoms with van der Waals surface area (Å²) in [5.74, 6) is -0.292. The molecule has 0 fully saturated rings. The van der Waals surface area contributed by atoms with Crippen LogP contribution in [-0.2, 0) is 6.18 Å². The molecule has 0 saturated carbocycles. The third kappa shape index (κ3) is 3.35. The highest BCUT2D eigenvalue weighted by molar-refractivity contribution is 5.54. The van der Waals surface area contributed by atoms with Crippen molar-refractivity contribution in [3.05, 3.63) is 50.7 Å². The molecule has 1 aromatic carbocycles. The average Bonchev–Trinajstić information content (AvgIpc) is 2.37. The number of aromatic amines is 2. The van der Waals surface area contributed by atoms with Crippen LogP contribution in [0.5, 0.6) is 0 Å². The van der Waals surface area contributed by atoms with Gasteiger partial charge in [-0.1, -0.05) is 0 Å². The Kier molecular flexibility index (Phi) is 3.61. The number of nitrogens with two attached hydrogens (primary N) is 1. The summed E-state index contributed by atoms with van der Waals surface area (Å²) in [7, 11) is 0. The number of hydrogen-bond donors (Lipinski definition) is 3. The summed E-state index contributed by atoms with van der Waals surface area (Å²) in [5.41, 5.74) is 2.66. The highest BCUT2D eigenvalue weighted by atomic mass is 19.4. The molecule has 0 bridgehead atoms. The van der Waals surface area contributed by atoms with E-state index in [1.165, 1.54) is 0 Å². The lowest BCUT2D eigenvalue weighted by Gasteiger charge is -2.05. The number of azo groups is 1. The van der Waals surface area contributed by atoms with Crippen molar-refractivity contribution in [3.8, 4) is 0 Å². The molecule has 2 aromatic rings. The van der Waals surface area contributed by atoms with Crippen LogP contribution in [0.4, 0.5) is 30.4 Å². The summed E-state index contributed by atoms with van der Waals surface area (Å²) in [6, 6.07) is 3.83. The van der Waals surface area contributed by atoms with E-state index in [9.17, 15) is 22.8 Å². The van der Waals surface area contributed by atoms with Crippen molar-refractivity contribution in [2.45, 2.75) is 6.18 Å². The average molecular weight is 299 g/mol. The molecule has 0 unspecified atom stereocenters.